The van der Waals surface area contributed by atoms with Gasteiger partial charge in [0.15, 0.2) is 0 Å². The number of aliphatic hydroxyl groups excluding tert-OH is 1. The molecule has 0 aromatic heterocycles. The van der Waals surface area contributed by atoms with E-state index in [0.717, 1.165) is 11.0 Å². The summed E-state index contributed by atoms with van der Waals surface area (Å²) in [5, 5.41) is 8.39. The van der Waals surface area contributed by atoms with Crippen LogP contribution in [-0.2, 0) is 0 Å². The molecule has 1 N–H and O–H groups in total. The van der Waals surface area contributed by atoms with Crippen LogP contribution in [-0.4, -0.2) is 43.9 Å². The summed E-state index contributed by atoms with van der Waals surface area (Å²) in [5.74, 6) is 0. The molecule has 0 aliphatic rings. The number of likely N-dealkylation sites (N-methyl/N-ethyl adjacent to an activating group) is 1. The van der Waals surface area contributed by atoms with Crippen LogP contribution in [0.5, 0.6) is 0 Å². The van der Waals surface area contributed by atoms with Crippen molar-refractivity contribution in [1.29, 1.82) is 0 Å². The van der Waals surface area contributed by atoms with Gasteiger partial charge in [-0.15, -0.1) is 0 Å². The molecular formula is C8H22NO+. The Balaban J connectivity index is 0. The first kappa shape index (κ1) is 12.6. The summed E-state index contributed by atoms with van der Waals surface area (Å²) in [6.45, 7) is 5.36. The summed E-state index contributed by atoms with van der Waals surface area (Å²) in [7, 11) is 6.16. The third-order valence-electron chi connectivity index (χ3n) is 0.771. The van der Waals surface area contributed by atoms with Crippen molar-refractivity contribution in [1.82, 2.24) is 0 Å². The Labute approximate surface area is 65.1 Å². The SMILES string of the molecule is CCC.C[N+](C)(C)CCO. The summed E-state index contributed by atoms with van der Waals surface area (Å²) >= 11 is 0. The molecule has 0 radical (unpaired) electrons. The van der Waals surface area contributed by atoms with E-state index in [0.29, 0.717) is 0 Å². The number of quaternary nitrogens is 1. The zero-order valence-electron chi connectivity index (χ0n) is 8.02. The monoisotopic (exact) mass is 148 g/mol. The summed E-state index contributed by atoms with van der Waals surface area (Å²) in [6, 6.07) is 0. The minimum atomic E-state index is 0.281. The first-order chi connectivity index (χ1) is 4.47. The number of hydrogen-bond donors (Lipinski definition) is 1. The molecule has 0 aliphatic carbocycles. The summed E-state index contributed by atoms with van der Waals surface area (Å²) in [6.07, 6.45) is 1.25. The van der Waals surface area contributed by atoms with Gasteiger partial charge in [-0.1, -0.05) is 20.3 Å². The maximum atomic E-state index is 8.39. The van der Waals surface area contributed by atoms with Crippen LogP contribution in [0.1, 0.15) is 20.3 Å². The van der Waals surface area contributed by atoms with Crippen molar-refractivity contribution in [2.24, 2.45) is 0 Å². The van der Waals surface area contributed by atoms with Crippen LogP contribution < -0.4 is 0 Å². The van der Waals surface area contributed by atoms with Crippen molar-refractivity contribution in [2.45, 2.75) is 20.3 Å². The summed E-state index contributed by atoms with van der Waals surface area (Å²) in [5.41, 5.74) is 0. The van der Waals surface area contributed by atoms with Gasteiger partial charge >= 0.3 is 0 Å². The highest BCUT2D eigenvalue weighted by atomic mass is 16.3. The first-order valence-electron chi connectivity index (χ1n) is 3.89. The summed E-state index contributed by atoms with van der Waals surface area (Å²) < 4.78 is 0.844. The molecule has 0 spiro atoms. The molecule has 0 aliphatic heterocycles. The maximum absolute atomic E-state index is 8.39. The van der Waals surface area contributed by atoms with E-state index < -0.39 is 0 Å². The van der Waals surface area contributed by atoms with Gasteiger partial charge in [-0.05, 0) is 0 Å². The Hall–Kier alpha value is -0.0800. The van der Waals surface area contributed by atoms with Crippen LogP contribution in [0.3, 0.4) is 0 Å². The molecule has 0 unspecified atom stereocenters. The van der Waals surface area contributed by atoms with Gasteiger partial charge in [-0.2, -0.15) is 0 Å². The highest BCUT2D eigenvalue weighted by Gasteiger charge is 2.02. The van der Waals surface area contributed by atoms with E-state index >= 15 is 0 Å². The van der Waals surface area contributed by atoms with Crippen molar-refractivity contribution >= 4 is 0 Å². The fraction of sp³-hybridized carbons (Fsp3) is 1.00. The van der Waals surface area contributed by atoms with E-state index in [1.54, 1.807) is 0 Å². The molecule has 0 aromatic carbocycles. The lowest BCUT2D eigenvalue weighted by molar-refractivity contribution is -0.870. The third kappa shape index (κ3) is 24.7. The van der Waals surface area contributed by atoms with Gasteiger partial charge in [0.05, 0.1) is 27.7 Å². The lowest BCUT2D eigenvalue weighted by Gasteiger charge is -2.21. The minimum absolute atomic E-state index is 0.281. The minimum Gasteiger partial charge on any atom is -0.391 e. The molecule has 0 fully saturated rings. The van der Waals surface area contributed by atoms with Crippen LogP contribution in [0.15, 0.2) is 0 Å². The smallest absolute Gasteiger partial charge is 0.101 e. The predicted octanol–water partition coefficient (Wildman–Crippen LogP) is 1.10. The predicted molar refractivity (Wildman–Crippen MR) is 46.0 cm³/mol. The summed E-state index contributed by atoms with van der Waals surface area (Å²) in [4.78, 5) is 0. The zero-order chi connectivity index (χ0) is 8.62. The van der Waals surface area contributed by atoms with Gasteiger partial charge in [0, 0.05) is 0 Å². The van der Waals surface area contributed by atoms with Crippen molar-refractivity contribution in [2.75, 3.05) is 34.3 Å². The van der Waals surface area contributed by atoms with Gasteiger partial charge in [0.2, 0.25) is 0 Å². The molecule has 0 rings (SSSR count). The Kier molecular flexibility index (Phi) is 8.85. The topological polar surface area (TPSA) is 20.2 Å². The molecule has 0 bridgehead atoms. The van der Waals surface area contributed by atoms with E-state index in [1.807, 2.05) is 0 Å². The van der Waals surface area contributed by atoms with E-state index in [1.165, 1.54) is 6.42 Å². The lowest BCUT2D eigenvalue weighted by atomic mass is 10.5. The number of hydrogen-bond acceptors (Lipinski definition) is 1. The Morgan fingerprint density at radius 1 is 1.10 bits per heavy atom. The average molecular weight is 148 g/mol. The molecule has 10 heavy (non-hydrogen) atoms. The fourth-order valence-electron chi connectivity index (χ4n) is 0.300. The molecule has 0 saturated heterocycles. The largest absolute Gasteiger partial charge is 0.391 e. The molecule has 0 saturated carbocycles. The van der Waals surface area contributed by atoms with Crippen LogP contribution in [0.25, 0.3) is 0 Å². The van der Waals surface area contributed by atoms with Crippen molar-refractivity contribution < 1.29 is 9.59 Å². The number of rotatable bonds is 2. The molecule has 0 heterocycles. The number of nitrogens with zero attached hydrogens (tertiary/aromatic N) is 1. The molecule has 0 atom stereocenters. The van der Waals surface area contributed by atoms with Crippen LogP contribution >= 0.6 is 0 Å². The second-order valence-electron chi connectivity index (χ2n) is 3.44. The van der Waals surface area contributed by atoms with Gasteiger partial charge in [0.1, 0.15) is 6.54 Å². The van der Waals surface area contributed by atoms with Crippen molar-refractivity contribution in [3.05, 3.63) is 0 Å². The fourth-order valence-corrected chi connectivity index (χ4v) is 0.300. The third-order valence-corrected chi connectivity index (χ3v) is 0.771. The van der Waals surface area contributed by atoms with Crippen LogP contribution in [0.4, 0.5) is 0 Å². The zero-order valence-corrected chi connectivity index (χ0v) is 8.02. The molecule has 2 nitrogen and oxygen atoms in total. The Morgan fingerprint density at radius 2 is 1.40 bits per heavy atom. The van der Waals surface area contributed by atoms with Gasteiger partial charge < -0.3 is 9.59 Å². The van der Waals surface area contributed by atoms with Crippen LogP contribution in [0.2, 0.25) is 0 Å². The Morgan fingerprint density at radius 3 is 1.40 bits per heavy atom. The van der Waals surface area contributed by atoms with Crippen molar-refractivity contribution in [3.8, 4) is 0 Å². The molecule has 64 valence electrons. The van der Waals surface area contributed by atoms with Gasteiger partial charge in [0.25, 0.3) is 0 Å². The van der Waals surface area contributed by atoms with E-state index in [2.05, 4.69) is 35.0 Å². The standard InChI is InChI=1S/C5H14NO.C3H8/c1-6(2,3)4-5-7;1-3-2/h7H,4-5H2,1-3H3;3H2,1-2H3/q+1;. The van der Waals surface area contributed by atoms with E-state index in [9.17, 15) is 0 Å². The molecular weight excluding hydrogens is 126 g/mol. The number of aliphatic hydroxyl groups is 1. The maximum Gasteiger partial charge on any atom is 0.101 e. The van der Waals surface area contributed by atoms with E-state index in [-0.39, 0.29) is 6.61 Å². The highest BCUT2D eigenvalue weighted by molar-refractivity contribution is 4.19. The van der Waals surface area contributed by atoms with Crippen molar-refractivity contribution in [3.63, 3.8) is 0 Å². The van der Waals surface area contributed by atoms with Crippen LogP contribution in [0, 0.1) is 0 Å². The van der Waals surface area contributed by atoms with E-state index in [4.69, 9.17) is 5.11 Å². The first-order valence-corrected chi connectivity index (χ1v) is 3.89. The normalized spacial score (nSPS) is 10.2. The highest BCUT2D eigenvalue weighted by Crippen LogP contribution is 1.84. The molecule has 0 amide bonds. The molecule has 0 aromatic rings. The second kappa shape index (κ2) is 7.03. The van der Waals surface area contributed by atoms with Gasteiger partial charge in [-0.3, -0.25) is 0 Å². The van der Waals surface area contributed by atoms with Gasteiger partial charge in [-0.25, -0.2) is 0 Å². The average Bonchev–Trinajstić information content (AvgIpc) is 1.63. The Bertz CT molecular complexity index is 56.8. The molecule has 2 heteroatoms. The quantitative estimate of drug-likeness (QED) is 0.581. The second-order valence-corrected chi connectivity index (χ2v) is 3.44. The lowest BCUT2D eigenvalue weighted by Crippen LogP contribution is -2.36.